The van der Waals surface area contributed by atoms with Crippen molar-refractivity contribution in [1.82, 2.24) is 0 Å². The van der Waals surface area contributed by atoms with Gasteiger partial charge in [-0.25, -0.2) is 4.79 Å². The second kappa shape index (κ2) is 6.76. The largest absolute Gasteiger partial charge is 0.508 e. The van der Waals surface area contributed by atoms with Gasteiger partial charge in [0.05, 0.1) is 5.56 Å². The maximum atomic E-state index is 12.1. The second-order valence-electron chi connectivity index (χ2n) is 4.90. The van der Waals surface area contributed by atoms with Crippen molar-refractivity contribution in [2.75, 3.05) is 5.32 Å². The molecule has 0 aliphatic heterocycles. The number of carbonyl (C=O) groups excluding carboxylic acids is 2. The quantitative estimate of drug-likeness (QED) is 0.851. The van der Waals surface area contributed by atoms with Crippen molar-refractivity contribution in [1.29, 1.82) is 0 Å². The molecule has 0 spiro atoms. The monoisotopic (exact) mass is 299 g/mol. The van der Waals surface area contributed by atoms with E-state index in [0.717, 1.165) is 5.56 Å². The molecule has 0 aliphatic rings. The molecular formula is C17H17NO4. The Hall–Kier alpha value is -2.82. The predicted octanol–water partition coefficient (Wildman–Crippen LogP) is 2.88. The predicted molar refractivity (Wildman–Crippen MR) is 82.8 cm³/mol. The number of hydrogen-bond acceptors (Lipinski definition) is 4. The summed E-state index contributed by atoms with van der Waals surface area (Å²) in [6.45, 7) is 3.37. The number of hydrogen-bond donors (Lipinski definition) is 2. The van der Waals surface area contributed by atoms with Gasteiger partial charge in [-0.3, -0.25) is 4.79 Å². The van der Waals surface area contributed by atoms with Crippen molar-refractivity contribution in [2.24, 2.45) is 0 Å². The van der Waals surface area contributed by atoms with Crippen molar-refractivity contribution in [2.45, 2.75) is 20.0 Å². The zero-order valence-corrected chi connectivity index (χ0v) is 12.4. The van der Waals surface area contributed by atoms with Crippen LogP contribution in [-0.4, -0.2) is 23.1 Å². The topological polar surface area (TPSA) is 75.6 Å². The van der Waals surface area contributed by atoms with E-state index in [4.69, 9.17) is 4.74 Å². The van der Waals surface area contributed by atoms with E-state index in [0.29, 0.717) is 5.69 Å². The summed E-state index contributed by atoms with van der Waals surface area (Å²) in [5.74, 6) is -1.11. The Morgan fingerprint density at radius 1 is 1.14 bits per heavy atom. The van der Waals surface area contributed by atoms with Crippen molar-refractivity contribution in [3.05, 3.63) is 59.7 Å². The first-order valence-corrected chi connectivity index (χ1v) is 6.84. The summed E-state index contributed by atoms with van der Waals surface area (Å²) >= 11 is 0. The van der Waals surface area contributed by atoms with E-state index in [1.807, 2.05) is 25.1 Å². The van der Waals surface area contributed by atoms with Crippen molar-refractivity contribution in [3.8, 4) is 5.75 Å². The standard InChI is InChI=1S/C17H17NO4/c1-11-6-3-4-9-15(11)18-16(20)12(2)22-17(21)13-7-5-8-14(19)10-13/h3-10,12,19H,1-2H3,(H,18,20)/t12-/m1/s1. The molecule has 1 amide bonds. The Balaban J connectivity index is 1.99. The fraction of sp³-hybridized carbons (Fsp3) is 0.176. The fourth-order valence-corrected chi connectivity index (χ4v) is 1.86. The fourth-order valence-electron chi connectivity index (χ4n) is 1.86. The van der Waals surface area contributed by atoms with Crippen LogP contribution < -0.4 is 5.32 Å². The van der Waals surface area contributed by atoms with Gasteiger partial charge in [-0.05, 0) is 43.7 Å². The van der Waals surface area contributed by atoms with Gasteiger partial charge < -0.3 is 15.2 Å². The van der Waals surface area contributed by atoms with E-state index in [1.165, 1.54) is 31.2 Å². The third kappa shape index (κ3) is 3.85. The number of rotatable bonds is 4. The van der Waals surface area contributed by atoms with Crippen LogP contribution in [0.15, 0.2) is 48.5 Å². The van der Waals surface area contributed by atoms with Crippen LogP contribution in [0.3, 0.4) is 0 Å². The number of benzene rings is 2. The molecule has 0 aliphatic carbocycles. The lowest BCUT2D eigenvalue weighted by Gasteiger charge is -2.14. The number of carbonyl (C=O) groups is 2. The highest BCUT2D eigenvalue weighted by Crippen LogP contribution is 2.15. The Kier molecular flexibility index (Phi) is 4.78. The molecule has 0 saturated carbocycles. The Bertz CT molecular complexity index is 697. The Labute approximate surface area is 128 Å². The van der Waals surface area contributed by atoms with E-state index in [-0.39, 0.29) is 11.3 Å². The molecule has 5 nitrogen and oxygen atoms in total. The lowest BCUT2D eigenvalue weighted by molar-refractivity contribution is -0.123. The third-order valence-corrected chi connectivity index (χ3v) is 3.14. The maximum Gasteiger partial charge on any atom is 0.339 e. The Morgan fingerprint density at radius 2 is 1.86 bits per heavy atom. The molecule has 0 radical (unpaired) electrons. The highest BCUT2D eigenvalue weighted by Gasteiger charge is 2.19. The van der Waals surface area contributed by atoms with E-state index in [2.05, 4.69) is 5.32 Å². The van der Waals surface area contributed by atoms with E-state index in [9.17, 15) is 14.7 Å². The molecule has 2 rings (SSSR count). The second-order valence-corrected chi connectivity index (χ2v) is 4.90. The molecule has 0 saturated heterocycles. The first-order chi connectivity index (χ1) is 10.5. The number of anilines is 1. The number of aryl methyl sites for hydroxylation is 1. The molecule has 2 aromatic carbocycles. The summed E-state index contributed by atoms with van der Waals surface area (Å²) in [4.78, 5) is 24.0. The number of aromatic hydroxyl groups is 1. The summed E-state index contributed by atoms with van der Waals surface area (Å²) < 4.78 is 5.10. The van der Waals surface area contributed by atoms with Crippen LogP contribution in [0.25, 0.3) is 0 Å². The Morgan fingerprint density at radius 3 is 2.55 bits per heavy atom. The average Bonchev–Trinajstić information content (AvgIpc) is 2.49. The first kappa shape index (κ1) is 15.6. The molecule has 2 aromatic rings. The SMILES string of the molecule is Cc1ccccc1NC(=O)[C@@H](C)OC(=O)c1cccc(O)c1. The van der Waals surface area contributed by atoms with Crippen LogP contribution in [0, 0.1) is 6.92 Å². The lowest BCUT2D eigenvalue weighted by atomic mass is 10.2. The van der Waals surface area contributed by atoms with Crippen LogP contribution >= 0.6 is 0 Å². The average molecular weight is 299 g/mol. The van der Waals surface area contributed by atoms with Crippen molar-refractivity contribution in [3.63, 3.8) is 0 Å². The van der Waals surface area contributed by atoms with Crippen LogP contribution in [0.1, 0.15) is 22.8 Å². The van der Waals surface area contributed by atoms with Crippen LogP contribution in [0.4, 0.5) is 5.69 Å². The van der Waals surface area contributed by atoms with Crippen LogP contribution in [-0.2, 0) is 9.53 Å². The minimum Gasteiger partial charge on any atom is -0.508 e. The normalized spacial score (nSPS) is 11.5. The minimum atomic E-state index is -0.950. The number of phenolic OH excluding ortho intramolecular Hbond substituents is 1. The highest BCUT2D eigenvalue weighted by molar-refractivity contribution is 5.97. The number of phenols is 1. The molecule has 2 N–H and O–H groups in total. The van der Waals surface area contributed by atoms with Gasteiger partial charge in [-0.1, -0.05) is 24.3 Å². The van der Waals surface area contributed by atoms with Crippen molar-refractivity contribution >= 4 is 17.6 Å². The molecule has 1 atom stereocenters. The highest BCUT2D eigenvalue weighted by atomic mass is 16.5. The molecule has 0 aromatic heterocycles. The van der Waals surface area contributed by atoms with Gasteiger partial charge in [0.25, 0.3) is 5.91 Å². The zero-order valence-electron chi connectivity index (χ0n) is 12.4. The zero-order chi connectivity index (χ0) is 16.1. The van der Waals surface area contributed by atoms with E-state index >= 15 is 0 Å². The molecule has 22 heavy (non-hydrogen) atoms. The smallest absolute Gasteiger partial charge is 0.339 e. The van der Waals surface area contributed by atoms with Gasteiger partial charge in [0.2, 0.25) is 0 Å². The lowest BCUT2D eigenvalue weighted by Crippen LogP contribution is -2.30. The number of ether oxygens (including phenoxy) is 1. The van der Waals surface area contributed by atoms with Gasteiger partial charge in [-0.15, -0.1) is 0 Å². The van der Waals surface area contributed by atoms with Gasteiger partial charge in [0.15, 0.2) is 6.10 Å². The summed E-state index contributed by atoms with van der Waals surface area (Å²) in [6.07, 6.45) is -0.950. The summed E-state index contributed by atoms with van der Waals surface area (Å²) in [7, 11) is 0. The summed E-state index contributed by atoms with van der Waals surface area (Å²) in [5.41, 5.74) is 1.78. The molecule has 0 unspecified atom stereocenters. The van der Waals surface area contributed by atoms with Gasteiger partial charge in [-0.2, -0.15) is 0 Å². The minimum absolute atomic E-state index is 0.0357. The maximum absolute atomic E-state index is 12.1. The first-order valence-electron chi connectivity index (χ1n) is 6.84. The van der Waals surface area contributed by atoms with Crippen molar-refractivity contribution < 1.29 is 19.4 Å². The molecular weight excluding hydrogens is 282 g/mol. The summed E-state index contributed by atoms with van der Waals surface area (Å²) in [6, 6.07) is 13.1. The number of amides is 1. The number of nitrogens with one attached hydrogen (secondary N) is 1. The van der Waals surface area contributed by atoms with Gasteiger partial charge >= 0.3 is 5.97 Å². The van der Waals surface area contributed by atoms with E-state index < -0.39 is 18.0 Å². The number of para-hydroxylation sites is 1. The van der Waals surface area contributed by atoms with Crippen LogP contribution in [0.2, 0.25) is 0 Å². The number of esters is 1. The van der Waals surface area contributed by atoms with Crippen LogP contribution in [0.5, 0.6) is 5.75 Å². The molecule has 114 valence electrons. The molecule has 5 heteroatoms. The molecule has 0 heterocycles. The summed E-state index contributed by atoms with van der Waals surface area (Å²) in [5, 5.41) is 12.1. The van der Waals surface area contributed by atoms with E-state index in [1.54, 1.807) is 6.07 Å². The third-order valence-electron chi connectivity index (χ3n) is 3.14. The molecule has 0 bridgehead atoms. The van der Waals surface area contributed by atoms with Gasteiger partial charge in [0, 0.05) is 5.69 Å². The van der Waals surface area contributed by atoms with Gasteiger partial charge in [0.1, 0.15) is 5.75 Å². The molecule has 0 fully saturated rings.